The Labute approximate surface area is 161 Å². The molecule has 5 nitrogen and oxygen atoms in total. The summed E-state index contributed by atoms with van der Waals surface area (Å²) in [5.74, 6) is -0.0531. The molecule has 0 spiro atoms. The number of carbonyl (C=O) groups is 1. The lowest BCUT2D eigenvalue weighted by Gasteiger charge is -2.17. The lowest BCUT2D eigenvalue weighted by atomic mass is 9.97. The molecular formula is C22H28N4O. The molecule has 0 saturated heterocycles. The third-order valence-corrected chi connectivity index (χ3v) is 4.97. The molecule has 0 bridgehead atoms. The van der Waals surface area contributed by atoms with Gasteiger partial charge in [-0.25, -0.2) is 0 Å². The van der Waals surface area contributed by atoms with Gasteiger partial charge in [0.1, 0.15) is 5.69 Å². The lowest BCUT2D eigenvalue weighted by Crippen LogP contribution is -2.29. The van der Waals surface area contributed by atoms with E-state index in [4.69, 9.17) is 0 Å². The number of pyridine rings is 2. The van der Waals surface area contributed by atoms with E-state index in [0.717, 1.165) is 25.1 Å². The van der Waals surface area contributed by atoms with Gasteiger partial charge in [0.05, 0.1) is 0 Å². The van der Waals surface area contributed by atoms with E-state index in [2.05, 4.69) is 21.4 Å². The summed E-state index contributed by atoms with van der Waals surface area (Å²) in [4.78, 5) is 22.7. The summed E-state index contributed by atoms with van der Waals surface area (Å²) in [6, 6.07) is 7.72. The van der Waals surface area contributed by atoms with Crippen LogP contribution in [0, 0.1) is 0 Å². The van der Waals surface area contributed by atoms with Gasteiger partial charge in [0.15, 0.2) is 0 Å². The first-order valence-corrected chi connectivity index (χ1v) is 9.74. The molecule has 0 saturated carbocycles. The van der Waals surface area contributed by atoms with Crippen molar-refractivity contribution in [1.29, 1.82) is 0 Å². The van der Waals surface area contributed by atoms with Gasteiger partial charge in [-0.15, -0.1) is 0 Å². The normalized spacial score (nSPS) is 13.7. The Morgan fingerprint density at radius 1 is 1.15 bits per heavy atom. The van der Waals surface area contributed by atoms with Crippen molar-refractivity contribution in [2.24, 2.45) is 0 Å². The summed E-state index contributed by atoms with van der Waals surface area (Å²) in [5, 5.41) is 3.43. The third kappa shape index (κ3) is 5.91. The number of hydrogen-bond donors (Lipinski definition) is 1. The van der Waals surface area contributed by atoms with Crippen LogP contribution in [0.1, 0.15) is 48.2 Å². The van der Waals surface area contributed by atoms with Gasteiger partial charge in [0.2, 0.25) is 0 Å². The van der Waals surface area contributed by atoms with Crippen LogP contribution < -0.4 is 5.32 Å². The highest BCUT2D eigenvalue weighted by Gasteiger charge is 2.13. The van der Waals surface area contributed by atoms with Gasteiger partial charge < -0.3 is 10.2 Å². The monoisotopic (exact) mass is 364 g/mol. The van der Waals surface area contributed by atoms with Crippen LogP contribution in [-0.4, -0.2) is 40.9 Å². The second kappa shape index (κ2) is 9.86. The number of anilines is 1. The number of nitrogens with one attached hydrogen (secondary N) is 1. The Morgan fingerprint density at radius 3 is 2.78 bits per heavy atom. The number of amides is 1. The van der Waals surface area contributed by atoms with E-state index in [0.29, 0.717) is 12.2 Å². The van der Waals surface area contributed by atoms with Crippen molar-refractivity contribution in [3.63, 3.8) is 0 Å². The van der Waals surface area contributed by atoms with Gasteiger partial charge in [-0.2, -0.15) is 0 Å². The predicted octanol–water partition coefficient (Wildman–Crippen LogP) is 4.09. The summed E-state index contributed by atoms with van der Waals surface area (Å²) in [6.45, 7) is 1.54. The van der Waals surface area contributed by atoms with Crippen LogP contribution in [-0.2, 0) is 6.42 Å². The van der Waals surface area contributed by atoms with E-state index in [1.54, 1.807) is 29.1 Å². The second-order valence-electron chi connectivity index (χ2n) is 7.05. The Morgan fingerprint density at radius 2 is 2.00 bits per heavy atom. The molecule has 2 aromatic heterocycles. The molecule has 5 heteroatoms. The molecule has 2 heterocycles. The van der Waals surface area contributed by atoms with E-state index in [9.17, 15) is 4.79 Å². The molecule has 0 radical (unpaired) electrons. The van der Waals surface area contributed by atoms with Crippen molar-refractivity contribution < 1.29 is 4.79 Å². The minimum absolute atomic E-state index is 0.0531. The molecule has 0 aromatic carbocycles. The van der Waals surface area contributed by atoms with Gasteiger partial charge >= 0.3 is 0 Å². The van der Waals surface area contributed by atoms with Crippen molar-refractivity contribution in [2.75, 3.05) is 25.5 Å². The predicted molar refractivity (Wildman–Crippen MR) is 109 cm³/mol. The highest BCUT2D eigenvalue weighted by atomic mass is 16.2. The lowest BCUT2D eigenvalue weighted by molar-refractivity contribution is 0.0791. The highest BCUT2D eigenvalue weighted by molar-refractivity contribution is 5.92. The number of likely N-dealkylation sites (N-methyl/N-ethyl adjacent to an activating group) is 1. The third-order valence-electron chi connectivity index (χ3n) is 4.97. The summed E-state index contributed by atoms with van der Waals surface area (Å²) in [6.07, 6.45) is 14.6. The van der Waals surface area contributed by atoms with Gasteiger partial charge in [-0.05, 0) is 68.4 Å². The Kier molecular flexibility index (Phi) is 6.97. The Balaban J connectivity index is 1.50. The van der Waals surface area contributed by atoms with Gasteiger partial charge in [-0.1, -0.05) is 11.6 Å². The fourth-order valence-corrected chi connectivity index (χ4v) is 3.30. The average molecular weight is 364 g/mol. The maximum absolute atomic E-state index is 12.7. The minimum Gasteiger partial charge on any atom is -0.385 e. The van der Waals surface area contributed by atoms with Gasteiger partial charge in [0, 0.05) is 44.4 Å². The van der Waals surface area contributed by atoms with E-state index in [-0.39, 0.29) is 5.91 Å². The van der Waals surface area contributed by atoms with Gasteiger partial charge in [-0.3, -0.25) is 14.8 Å². The first-order valence-electron chi connectivity index (χ1n) is 9.74. The van der Waals surface area contributed by atoms with Crippen molar-refractivity contribution in [2.45, 2.75) is 38.5 Å². The molecule has 0 atom stereocenters. The molecule has 1 N–H and O–H groups in total. The molecule has 0 aliphatic heterocycles. The number of rotatable bonds is 8. The number of nitrogens with zero attached hydrogens (tertiary/aromatic N) is 3. The molecule has 2 aromatic rings. The largest absolute Gasteiger partial charge is 0.385 e. The first kappa shape index (κ1) is 19.1. The highest BCUT2D eigenvalue weighted by Crippen LogP contribution is 2.20. The maximum atomic E-state index is 12.7. The summed E-state index contributed by atoms with van der Waals surface area (Å²) in [7, 11) is 1.82. The standard InChI is InChI=1S/C22H28N4O/c1-26(16-11-19-7-12-23-13-8-19)22(27)21-17-20(10-15-25-21)24-14-9-18-5-3-2-4-6-18/h5,7-8,10,12-13,15,17H,2-4,6,9,11,14,16H2,1H3,(H,24,25). The molecule has 1 aliphatic rings. The number of allylic oxidation sites excluding steroid dienone is 1. The number of aromatic nitrogens is 2. The number of carbonyl (C=O) groups excluding carboxylic acids is 1. The Hall–Kier alpha value is -2.69. The second-order valence-corrected chi connectivity index (χ2v) is 7.05. The fourth-order valence-electron chi connectivity index (χ4n) is 3.30. The smallest absolute Gasteiger partial charge is 0.272 e. The van der Waals surface area contributed by atoms with E-state index in [1.807, 2.05) is 31.3 Å². The zero-order chi connectivity index (χ0) is 18.9. The fraction of sp³-hybridized carbons (Fsp3) is 0.409. The number of hydrogen-bond acceptors (Lipinski definition) is 4. The van der Waals surface area contributed by atoms with Crippen LogP contribution >= 0.6 is 0 Å². The molecule has 0 fully saturated rings. The van der Waals surface area contributed by atoms with Crippen LogP contribution in [0.25, 0.3) is 0 Å². The van der Waals surface area contributed by atoms with Crippen LogP contribution in [0.2, 0.25) is 0 Å². The summed E-state index contributed by atoms with van der Waals surface area (Å²) >= 11 is 0. The summed E-state index contributed by atoms with van der Waals surface area (Å²) < 4.78 is 0. The van der Waals surface area contributed by atoms with Crippen molar-refractivity contribution in [1.82, 2.24) is 14.9 Å². The average Bonchev–Trinajstić information content (AvgIpc) is 2.73. The van der Waals surface area contributed by atoms with Crippen LogP contribution in [0.4, 0.5) is 5.69 Å². The molecule has 1 amide bonds. The quantitative estimate of drug-likeness (QED) is 0.717. The van der Waals surface area contributed by atoms with E-state index < -0.39 is 0 Å². The maximum Gasteiger partial charge on any atom is 0.272 e. The van der Waals surface area contributed by atoms with Crippen LogP contribution in [0.5, 0.6) is 0 Å². The Bertz CT molecular complexity index is 773. The van der Waals surface area contributed by atoms with Crippen molar-refractivity contribution in [3.05, 3.63) is 65.8 Å². The van der Waals surface area contributed by atoms with Crippen molar-refractivity contribution in [3.8, 4) is 0 Å². The topological polar surface area (TPSA) is 58.1 Å². The minimum atomic E-state index is -0.0531. The van der Waals surface area contributed by atoms with E-state index in [1.165, 1.54) is 31.2 Å². The molecule has 27 heavy (non-hydrogen) atoms. The van der Waals surface area contributed by atoms with Gasteiger partial charge in [0.25, 0.3) is 5.91 Å². The molecule has 3 rings (SSSR count). The summed E-state index contributed by atoms with van der Waals surface area (Å²) in [5.41, 5.74) is 4.15. The first-order chi connectivity index (χ1) is 13.2. The SMILES string of the molecule is CN(CCc1ccncc1)C(=O)c1cc(NCCC2=CCCCC2)ccn1. The zero-order valence-electron chi connectivity index (χ0n) is 16.0. The molecule has 142 valence electrons. The van der Waals surface area contributed by atoms with E-state index >= 15 is 0 Å². The van der Waals surface area contributed by atoms with Crippen LogP contribution in [0.15, 0.2) is 54.5 Å². The molecule has 1 aliphatic carbocycles. The van der Waals surface area contributed by atoms with Crippen molar-refractivity contribution >= 4 is 11.6 Å². The van der Waals surface area contributed by atoms with Crippen LogP contribution in [0.3, 0.4) is 0 Å². The molecule has 0 unspecified atom stereocenters. The molecular weight excluding hydrogens is 336 g/mol. The zero-order valence-corrected chi connectivity index (χ0v) is 16.0.